The predicted octanol–water partition coefficient (Wildman–Crippen LogP) is 5.33. The van der Waals surface area contributed by atoms with Crippen molar-refractivity contribution in [3.8, 4) is 0 Å². The Hall–Kier alpha value is -0.340. The van der Waals surface area contributed by atoms with Gasteiger partial charge in [0.15, 0.2) is 11.6 Å². The Morgan fingerprint density at radius 1 is 1.11 bits per heavy atom. The molecule has 19 heavy (non-hydrogen) atoms. The maximum atomic E-state index is 13.9. The van der Waals surface area contributed by atoms with Gasteiger partial charge in [-0.25, -0.2) is 8.78 Å². The topological polar surface area (TPSA) is 17.1 Å². The van der Waals surface area contributed by atoms with Crippen LogP contribution in [0.15, 0.2) is 39.3 Å². The van der Waals surface area contributed by atoms with E-state index < -0.39 is 23.0 Å². The van der Waals surface area contributed by atoms with Gasteiger partial charge < -0.3 is 0 Å². The lowest BCUT2D eigenvalue weighted by atomic mass is 10.0. The summed E-state index contributed by atoms with van der Waals surface area (Å²) < 4.78 is 29.0. The zero-order valence-electron chi connectivity index (χ0n) is 9.18. The maximum absolute atomic E-state index is 13.9. The summed E-state index contributed by atoms with van der Waals surface area (Å²) in [6.45, 7) is 0. The Morgan fingerprint density at radius 2 is 1.79 bits per heavy atom. The zero-order chi connectivity index (χ0) is 14.2. The molecule has 0 bridgehead atoms. The van der Waals surface area contributed by atoms with Gasteiger partial charge in [0, 0.05) is 13.6 Å². The second-order valence-corrected chi connectivity index (χ2v) is 6.60. The Morgan fingerprint density at radius 3 is 2.47 bits per heavy atom. The minimum atomic E-state index is -0.888. The third-order valence-corrected chi connectivity index (χ3v) is 4.49. The van der Waals surface area contributed by atoms with Gasteiger partial charge in [0.2, 0.25) is 0 Å². The highest BCUT2D eigenvalue weighted by Gasteiger charge is 2.22. The molecule has 0 amide bonds. The van der Waals surface area contributed by atoms with E-state index in [4.69, 9.17) is 0 Å². The molecule has 0 unspecified atom stereocenters. The van der Waals surface area contributed by atoms with E-state index in [2.05, 4.69) is 31.9 Å². The fraction of sp³-hybridized carbons (Fsp3) is 0. The third-order valence-electron chi connectivity index (χ3n) is 2.44. The lowest BCUT2D eigenvalue weighted by Gasteiger charge is -2.08. The minimum Gasteiger partial charge on any atom is -0.288 e. The van der Waals surface area contributed by atoms with Crippen molar-refractivity contribution in [3.63, 3.8) is 0 Å². The predicted molar refractivity (Wildman–Crippen MR) is 84.3 cm³/mol. The maximum Gasteiger partial charge on any atom is 0.200 e. The smallest absolute Gasteiger partial charge is 0.200 e. The minimum absolute atomic E-state index is 0.0576. The molecule has 0 heterocycles. The highest BCUT2D eigenvalue weighted by atomic mass is 127. The second kappa shape index (κ2) is 5.97. The van der Waals surface area contributed by atoms with E-state index in [1.807, 2.05) is 22.6 Å². The quantitative estimate of drug-likeness (QED) is 0.309. The van der Waals surface area contributed by atoms with Gasteiger partial charge in [-0.1, -0.05) is 15.9 Å². The van der Waals surface area contributed by atoms with Crippen LogP contribution in [0.5, 0.6) is 0 Å². The summed E-state index contributed by atoms with van der Waals surface area (Å²) in [6.07, 6.45) is 0. The summed E-state index contributed by atoms with van der Waals surface area (Å²) in [5.41, 5.74) is -0.295. The van der Waals surface area contributed by atoms with Crippen LogP contribution in [-0.4, -0.2) is 5.78 Å². The molecular formula is C13H5Br2F2IO. The molecule has 0 saturated carbocycles. The number of carbonyl (C=O) groups excluding carboxylic acids is 1. The molecule has 0 radical (unpaired) electrons. The first-order chi connectivity index (χ1) is 8.91. The van der Waals surface area contributed by atoms with Gasteiger partial charge in [-0.05, 0) is 68.9 Å². The molecule has 2 aromatic rings. The van der Waals surface area contributed by atoms with Crippen molar-refractivity contribution >= 4 is 60.2 Å². The highest BCUT2D eigenvalue weighted by Crippen LogP contribution is 2.27. The van der Waals surface area contributed by atoms with Crippen molar-refractivity contribution in [2.75, 3.05) is 0 Å². The van der Waals surface area contributed by atoms with Crippen molar-refractivity contribution in [1.29, 1.82) is 0 Å². The number of halogens is 5. The molecule has 0 aliphatic heterocycles. The Bertz CT molecular complexity index is 674. The van der Waals surface area contributed by atoms with Crippen LogP contribution in [0.3, 0.4) is 0 Å². The molecule has 0 fully saturated rings. The standard InChI is InChI=1S/C13H5Br2F2IO/c14-6-1-4-10(18)7(5-6)13(19)11-9(16)3-2-8(15)12(11)17/h1-5H. The number of rotatable bonds is 2. The molecule has 0 aliphatic rings. The average Bonchev–Trinajstić information content (AvgIpc) is 2.37. The summed E-state index contributed by atoms with van der Waals surface area (Å²) in [7, 11) is 0. The summed E-state index contributed by atoms with van der Waals surface area (Å²) in [5.74, 6) is -2.44. The van der Waals surface area contributed by atoms with Gasteiger partial charge in [0.25, 0.3) is 0 Å². The number of benzene rings is 2. The first kappa shape index (κ1) is 15.1. The Kier molecular flexibility index (Phi) is 4.73. The number of ketones is 1. The number of hydrogen-bond acceptors (Lipinski definition) is 1. The van der Waals surface area contributed by atoms with Gasteiger partial charge in [-0.2, -0.15) is 0 Å². The van der Waals surface area contributed by atoms with Crippen molar-refractivity contribution in [3.05, 3.63) is 65.6 Å². The molecule has 0 aromatic heterocycles. The van der Waals surface area contributed by atoms with Crippen molar-refractivity contribution < 1.29 is 13.6 Å². The summed E-state index contributed by atoms with van der Waals surface area (Å²) >= 11 is 8.14. The fourth-order valence-corrected chi connectivity index (χ4v) is 2.81. The molecule has 0 aliphatic carbocycles. The van der Waals surface area contributed by atoms with E-state index in [-0.39, 0.29) is 10.0 Å². The van der Waals surface area contributed by atoms with Crippen LogP contribution in [0.25, 0.3) is 0 Å². The molecule has 2 rings (SSSR count). The van der Waals surface area contributed by atoms with Gasteiger partial charge in [-0.15, -0.1) is 0 Å². The van der Waals surface area contributed by atoms with Crippen LogP contribution in [0.1, 0.15) is 15.9 Å². The first-order valence-electron chi connectivity index (χ1n) is 5.05. The van der Waals surface area contributed by atoms with Crippen molar-refractivity contribution in [2.24, 2.45) is 0 Å². The average molecular weight is 502 g/mol. The normalized spacial score (nSPS) is 10.6. The second-order valence-electron chi connectivity index (χ2n) is 3.67. The van der Waals surface area contributed by atoms with E-state index in [0.717, 1.165) is 6.07 Å². The van der Waals surface area contributed by atoms with E-state index in [0.29, 0.717) is 8.04 Å². The Balaban J connectivity index is 2.63. The molecule has 2 aromatic carbocycles. The fourth-order valence-electron chi connectivity index (χ4n) is 1.54. The van der Waals surface area contributed by atoms with Crippen molar-refractivity contribution in [1.82, 2.24) is 0 Å². The molecule has 0 saturated heterocycles. The molecule has 0 spiro atoms. The first-order valence-corrected chi connectivity index (χ1v) is 7.71. The summed E-state index contributed by atoms with van der Waals surface area (Å²) in [6, 6.07) is 7.29. The van der Waals surface area contributed by atoms with E-state index in [9.17, 15) is 13.6 Å². The molecule has 6 heteroatoms. The van der Waals surface area contributed by atoms with Gasteiger partial charge >= 0.3 is 0 Å². The molecule has 1 nitrogen and oxygen atoms in total. The van der Waals surface area contributed by atoms with E-state index in [1.165, 1.54) is 6.07 Å². The lowest BCUT2D eigenvalue weighted by molar-refractivity contribution is 0.103. The molecular weight excluding hydrogens is 497 g/mol. The summed E-state index contributed by atoms with van der Waals surface area (Å²) in [4.78, 5) is 12.3. The monoisotopic (exact) mass is 500 g/mol. The molecule has 98 valence electrons. The SMILES string of the molecule is O=C(c1cc(Br)ccc1I)c1c(F)ccc(Br)c1F. The van der Waals surface area contributed by atoms with Gasteiger partial charge in [-0.3, -0.25) is 4.79 Å². The number of carbonyl (C=O) groups is 1. The van der Waals surface area contributed by atoms with Crippen molar-refractivity contribution in [2.45, 2.75) is 0 Å². The lowest BCUT2D eigenvalue weighted by Crippen LogP contribution is -2.09. The zero-order valence-corrected chi connectivity index (χ0v) is 14.5. The van der Waals surface area contributed by atoms with Crippen LogP contribution in [0.4, 0.5) is 8.78 Å². The van der Waals surface area contributed by atoms with Crippen LogP contribution in [-0.2, 0) is 0 Å². The van der Waals surface area contributed by atoms with Crippen LogP contribution in [0, 0.1) is 15.2 Å². The molecule has 0 atom stereocenters. The Labute approximate surface area is 138 Å². The highest BCUT2D eigenvalue weighted by molar-refractivity contribution is 14.1. The third kappa shape index (κ3) is 3.05. The van der Waals surface area contributed by atoms with Crippen LogP contribution >= 0.6 is 54.5 Å². The van der Waals surface area contributed by atoms with Gasteiger partial charge in [0.05, 0.1) is 10.0 Å². The van der Waals surface area contributed by atoms with Crippen LogP contribution in [0.2, 0.25) is 0 Å². The molecule has 0 N–H and O–H groups in total. The van der Waals surface area contributed by atoms with E-state index >= 15 is 0 Å². The van der Waals surface area contributed by atoms with Crippen LogP contribution < -0.4 is 0 Å². The number of hydrogen-bond donors (Lipinski definition) is 0. The summed E-state index contributed by atoms with van der Waals surface area (Å²) in [5, 5.41) is 0. The van der Waals surface area contributed by atoms with E-state index in [1.54, 1.807) is 18.2 Å². The largest absolute Gasteiger partial charge is 0.288 e. The van der Waals surface area contributed by atoms with Gasteiger partial charge in [0.1, 0.15) is 5.82 Å².